The van der Waals surface area contributed by atoms with Crippen molar-refractivity contribution in [3.63, 3.8) is 0 Å². The van der Waals surface area contributed by atoms with Crippen molar-refractivity contribution in [3.8, 4) is 17.2 Å². The molecule has 170 valence electrons. The van der Waals surface area contributed by atoms with Crippen LogP contribution < -0.4 is 5.73 Å². The fourth-order valence-electron chi connectivity index (χ4n) is 3.52. The minimum Gasteiger partial charge on any atom is -0.320 e. The summed E-state index contributed by atoms with van der Waals surface area (Å²) in [5.74, 6) is -1.03. The number of amides is 1. The highest BCUT2D eigenvalue weighted by atomic mass is 19.4. The number of hydrogen-bond donors (Lipinski definition) is 1. The van der Waals surface area contributed by atoms with Crippen molar-refractivity contribution in [1.29, 1.82) is 5.26 Å². The lowest BCUT2D eigenvalue weighted by Crippen LogP contribution is -2.49. The molecule has 0 saturated carbocycles. The summed E-state index contributed by atoms with van der Waals surface area (Å²) >= 11 is 0. The molecular formula is C24H26F3N3O2. The summed E-state index contributed by atoms with van der Waals surface area (Å²) in [7, 11) is 0. The van der Waals surface area contributed by atoms with Crippen LogP contribution in [0, 0.1) is 17.2 Å². The first-order chi connectivity index (χ1) is 15.0. The maximum atomic E-state index is 14.0. The number of nitrogens with zero attached hydrogens (tertiary/aromatic N) is 2. The second kappa shape index (κ2) is 10.4. The van der Waals surface area contributed by atoms with E-state index in [1.54, 1.807) is 30.3 Å². The number of ketones is 1. The van der Waals surface area contributed by atoms with Crippen molar-refractivity contribution in [3.05, 3.63) is 59.7 Å². The minimum atomic E-state index is -4.81. The van der Waals surface area contributed by atoms with Gasteiger partial charge < -0.3 is 10.6 Å². The zero-order chi connectivity index (χ0) is 24.1. The standard InChI is InChI=1S/C24H26F3N3O2/c1-15(2)13-21(29)23(32)30(12-11-28)22(24(25,26)27)18-9-7-17(8-10-18)20-6-4-5-19(14-20)16(3)31/h4-10,14-15,21-22H,12-13,29H2,1-3H3/t21-,22-/m0/s1. The van der Waals surface area contributed by atoms with E-state index in [-0.39, 0.29) is 23.7 Å². The Morgan fingerprint density at radius 3 is 2.22 bits per heavy atom. The van der Waals surface area contributed by atoms with Gasteiger partial charge in [0.05, 0.1) is 12.1 Å². The van der Waals surface area contributed by atoms with Gasteiger partial charge in [-0.25, -0.2) is 0 Å². The first-order valence-electron chi connectivity index (χ1n) is 10.2. The fraction of sp³-hybridized carbons (Fsp3) is 0.375. The second-order valence-corrected chi connectivity index (χ2v) is 8.06. The molecule has 2 aromatic carbocycles. The lowest BCUT2D eigenvalue weighted by Gasteiger charge is -2.33. The number of halogens is 3. The highest BCUT2D eigenvalue weighted by Gasteiger charge is 2.47. The summed E-state index contributed by atoms with van der Waals surface area (Å²) in [5, 5.41) is 9.09. The minimum absolute atomic E-state index is 0.00673. The van der Waals surface area contributed by atoms with Crippen molar-refractivity contribution >= 4 is 11.7 Å². The molecule has 32 heavy (non-hydrogen) atoms. The molecular weight excluding hydrogens is 419 g/mol. The van der Waals surface area contributed by atoms with Crippen LogP contribution in [-0.2, 0) is 4.79 Å². The SMILES string of the molecule is CC(=O)c1cccc(-c2ccc([C@H](N(CC#N)C(=O)[C@@H](N)CC(C)C)C(F)(F)F)cc2)c1. The maximum absolute atomic E-state index is 14.0. The predicted octanol–water partition coefficient (Wildman–Crippen LogP) is 4.89. The first kappa shape index (κ1) is 25.1. The van der Waals surface area contributed by atoms with Crippen molar-refractivity contribution in [2.24, 2.45) is 11.7 Å². The number of benzene rings is 2. The molecule has 0 spiro atoms. The quantitative estimate of drug-likeness (QED) is 0.463. The molecule has 0 saturated heterocycles. The molecule has 5 nitrogen and oxygen atoms in total. The van der Waals surface area contributed by atoms with E-state index in [1.807, 2.05) is 13.8 Å². The lowest BCUT2D eigenvalue weighted by atomic mass is 9.97. The number of carbonyl (C=O) groups excluding carboxylic acids is 2. The Hall–Kier alpha value is -3.18. The normalized spacial score (nSPS) is 13.3. The van der Waals surface area contributed by atoms with E-state index in [1.165, 1.54) is 31.2 Å². The molecule has 0 fully saturated rings. The summed E-state index contributed by atoms with van der Waals surface area (Å²) in [6, 6.07) is 10.5. The Labute approximate surface area is 185 Å². The molecule has 2 aromatic rings. The van der Waals surface area contributed by atoms with E-state index in [9.17, 15) is 22.8 Å². The van der Waals surface area contributed by atoms with Gasteiger partial charge in [0, 0.05) is 5.56 Å². The summed E-state index contributed by atoms with van der Waals surface area (Å²) in [4.78, 5) is 24.8. The maximum Gasteiger partial charge on any atom is 0.413 e. The smallest absolute Gasteiger partial charge is 0.320 e. The molecule has 0 unspecified atom stereocenters. The van der Waals surface area contributed by atoms with Gasteiger partial charge in [0.15, 0.2) is 11.8 Å². The molecule has 0 radical (unpaired) electrons. The molecule has 0 aliphatic carbocycles. The Balaban J connectivity index is 2.44. The molecule has 0 aromatic heterocycles. The Kier molecular flexibility index (Phi) is 8.17. The molecule has 0 aliphatic rings. The van der Waals surface area contributed by atoms with E-state index in [0.717, 1.165) is 0 Å². The molecule has 8 heteroatoms. The third-order valence-electron chi connectivity index (χ3n) is 5.02. The van der Waals surface area contributed by atoms with Crippen molar-refractivity contribution in [2.75, 3.05) is 6.54 Å². The van der Waals surface area contributed by atoms with E-state index in [4.69, 9.17) is 11.0 Å². The van der Waals surface area contributed by atoms with Crippen LogP contribution in [0.5, 0.6) is 0 Å². The van der Waals surface area contributed by atoms with E-state index < -0.39 is 30.7 Å². The summed E-state index contributed by atoms with van der Waals surface area (Å²) in [6.07, 6.45) is -4.60. The Morgan fingerprint density at radius 1 is 1.09 bits per heavy atom. The second-order valence-electron chi connectivity index (χ2n) is 8.06. The number of carbonyl (C=O) groups is 2. The highest BCUT2D eigenvalue weighted by molar-refractivity contribution is 5.95. The van der Waals surface area contributed by atoms with Crippen LogP contribution in [0.4, 0.5) is 13.2 Å². The number of nitrogens with two attached hydrogens (primary N) is 1. The topological polar surface area (TPSA) is 87.2 Å². The average Bonchev–Trinajstić information content (AvgIpc) is 2.72. The van der Waals surface area contributed by atoms with Gasteiger partial charge in [-0.1, -0.05) is 56.3 Å². The van der Waals surface area contributed by atoms with Crippen LogP contribution in [0.25, 0.3) is 11.1 Å². The van der Waals surface area contributed by atoms with Crippen molar-refractivity contribution in [1.82, 2.24) is 4.90 Å². The average molecular weight is 445 g/mol. The van der Waals surface area contributed by atoms with Crippen molar-refractivity contribution < 1.29 is 22.8 Å². The van der Waals surface area contributed by atoms with Gasteiger partial charge in [-0.2, -0.15) is 18.4 Å². The summed E-state index contributed by atoms with van der Waals surface area (Å²) in [5.41, 5.74) is 7.46. The van der Waals surface area contributed by atoms with Crippen molar-refractivity contribution in [2.45, 2.75) is 45.5 Å². The molecule has 0 bridgehead atoms. The number of alkyl halides is 3. The Morgan fingerprint density at radius 2 is 1.72 bits per heavy atom. The first-order valence-corrected chi connectivity index (χ1v) is 10.2. The fourth-order valence-corrected chi connectivity index (χ4v) is 3.52. The van der Waals surface area contributed by atoms with Gasteiger partial charge in [-0.15, -0.1) is 0 Å². The number of Topliss-reactive ketones (excluding diaryl/α,β-unsaturated/α-hetero) is 1. The van der Waals surface area contributed by atoms with Crippen LogP contribution >= 0.6 is 0 Å². The van der Waals surface area contributed by atoms with Crippen LogP contribution in [0.1, 0.15) is 49.2 Å². The van der Waals surface area contributed by atoms with Crippen LogP contribution in [0.2, 0.25) is 0 Å². The number of rotatable bonds is 8. The molecule has 1 amide bonds. The summed E-state index contributed by atoms with van der Waals surface area (Å²) < 4.78 is 42.1. The van der Waals surface area contributed by atoms with Crippen LogP contribution in [0.3, 0.4) is 0 Å². The van der Waals surface area contributed by atoms with Gasteiger partial charge >= 0.3 is 6.18 Å². The Bertz CT molecular complexity index is 995. The van der Waals surface area contributed by atoms with E-state index >= 15 is 0 Å². The van der Waals surface area contributed by atoms with Gasteiger partial charge in [-0.3, -0.25) is 9.59 Å². The third kappa shape index (κ3) is 6.17. The van der Waals surface area contributed by atoms with Gasteiger partial charge in [0.2, 0.25) is 5.91 Å². The van der Waals surface area contributed by atoms with E-state index in [0.29, 0.717) is 21.6 Å². The lowest BCUT2D eigenvalue weighted by molar-refractivity contribution is -0.191. The zero-order valence-corrected chi connectivity index (χ0v) is 18.2. The number of hydrogen-bond acceptors (Lipinski definition) is 4. The highest BCUT2D eigenvalue weighted by Crippen LogP contribution is 2.39. The molecule has 2 N–H and O–H groups in total. The molecule has 0 aliphatic heterocycles. The van der Waals surface area contributed by atoms with E-state index in [2.05, 4.69) is 0 Å². The molecule has 0 heterocycles. The third-order valence-corrected chi connectivity index (χ3v) is 5.02. The summed E-state index contributed by atoms with van der Waals surface area (Å²) in [6.45, 7) is 4.31. The van der Waals surface area contributed by atoms with Gasteiger partial charge in [-0.05, 0) is 42.0 Å². The van der Waals surface area contributed by atoms with Crippen LogP contribution in [0.15, 0.2) is 48.5 Å². The largest absolute Gasteiger partial charge is 0.413 e. The van der Waals surface area contributed by atoms with Gasteiger partial charge in [0.25, 0.3) is 0 Å². The molecule has 2 atom stereocenters. The zero-order valence-electron chi connectivity index (χ0n) is 18.2. The monoisotopic (exact) mass is 445 g/mol. The predicted molar refractivity (Wildman–Crippen MR) is 115 cm³/mol. The van der Waals surface area contributed by atoms with Gasteiger partial charge in [0.1, 0.15) is 6.54 Å². The number of nitriles is 1. The molecule has 2 rings (SSSR count). The van der Waals surface area contributed by atoms with Crippen LogP contribution in [-0.4, -0.2) is 35.4 Å².